The predicted octanol–water partition coefficient (Wildman–Crippen LogP) is 2.14. The van der Waals surface area contributed by atoms with Crippen molar-refractivity contribution in [3.8, 4) is 0 Å². The molecule has 1 aromatic carbocycles. The van der Waals surface area contributed by atoms with Crippen LogP contribution in [0.1, 0.15) is 24.8 Å². The summed E-state index contributed by atoms with van der Waals surface area (Å²) in [5.41, 5.74) is 2.52. The first kappa shape index (κ1) is 15.0. The molecule has 3 aliphatic rings. The van der Waals surface area contributed by atoms with Crippen LogP contribution in [0.3, 0.4) is 0 Å². The second kappa shape index (κ2) is 6.13. The van der Waals surface area contributed by atoms with Gasteiger partial charge in [-0.2, -0.15) is 0 Å². The maximum Gasteiger partial charge on any atom is 0.275 e. The first-order chi connectivity index (χ1) is 11.2. The number of amides is 1. The molecule has 0 aromatic heterocycles. The van der Waals surface area contributed by atoms with Crippen LogP contribution in [0.2, 0.25) is 0 Å². The van der Waals surface area contributed by atoms with E-state index in [0.29, 0.717) is 19.1 Å². The van der Waals surface area contributed by atoms with Crippen molar-refractivity contribution in [2.24, 2.45) is 5.92 Å². The van der Waals surface area contributed by atoms with Gasteiger partial charge in [-0.05, 0) is 44.2 Å². The molecule has 0 aliphatic carbocycles. The molecule has 0 radical (unpaired) electrons. The minimum absolute atomic E-state index is 0.0128. The smallest absolute Gasteiger partial charge is 0.275 e. The Morgan fingerprint density at radius 1 is 1.22 bits per heavy atom. The third kappa shape index (κ3) is 2.95. The second-order valence-electron chi connectivity index (χ2n) is 6.86. The molecule has 5 nitrogen and oxygen atoms in total. The van der Waals surface area contributed by atoms with Crippen molar-refractivity contribution >= 4 is 11.6 Å². The van der Waals surface area contributed by atoms with E-state index in [1.54, 1.807) is 0 Å². The van der Waals surface area contributed by atoms with Crippen LogP contribution in [0, 0.1) is 12.8 Å². The van der Waals surface area contributed by atoms with Crippen LogP contribution in [0.5, 0.6) is 0 Å². The minimum Gasteiger partial charge on any atom is -0.369 e. The van der Waals surface area contributed by atoms with Crippen molar-refractivity contribution in [3.63, 3.8) is 0 Å². The molecule has 1 amide bonds. The lowest BCUT2D eigenvalue weighted by Crippen LogP contribution is -2.42. The average molecular weight is 316 g/mol. The lowest BCUT2D eigenvalue weighted by Gasteiger charge is -2.35. The number of fused-ring (bicyclic) bond motifs is 1. The zero-order valence-electron chi connectivity index (χ0n) is 13.6. The molecule has 3 atom stereocenters. The molecule has 23 heavy (non-hydrogen) atoms. The third-order valence-corrected chi connectivity index (χ3v) is 5.22. The van der Waals surface area contributed by atoms with Crippen molar-refractivity contribution in [1.29, 1.82) is 0 Å². The topological polar surface area (TPSA) is 42.0 Å². The second-order valence-corrected chi connectivity index (χ2v) is 6.86. The summed E-state index contributed by atoms with van der Waals surface area (Å²) in [6, 6.07) is 8.64. The lowest BCUT2D eigenvalue weighted by molar-refractivity contribution is -0.180. The molecular formula is C18H24N2O3. The molecule has 3 heterocycles. The molecule has 124 valence electrons. The first-order valence-electron chi connectivity index (χ1n) is 8.62. The summed E-state index contributed by atoms with van der Waals surface area (Å²) in [6.45, 7) is 5.36. The summed E-state index contributed by atoms with van der Waals surface area (Å²) in [7, 11) is 0. The summed E-state index contributed by atoms with van der Waals surface area (Å²) in [5.74, 6) is 0.507. The molecule has 5 heteroatoms. The molecule has 0 saturated carbocycles. The van der Waals surface area contributed by atoms with Gasteiger partial charge in [-0.1, -0.05) is 17.7 Å². The Morgan fingerprint density at radius 2 is 2.04 bits per heavy atom. The van der Waals surface area contributed by atoms with Crippen molar-refractivity contribution in [3.05, 3.63) is 29.8 Å². The number of rotatable bonds is 2. The van der Waals surface area contributed by atoms with E-state index in [2.05, 4.69) is 36.1 Å². The summed E-state index contributed by atoms with van der Waals surface area (Å²) in [6.07, 6.45) is 2.68. The molecular weight excluding hydrogens is 292 g/mol. The zero-order chi connectivity index (χ0) is 15.8. The number of hydrogen-bond donors (Lipinski definition) is 0. The van der Waals surface area contributed by atoms with E-state index in [4.69, 9.17) is 9.57 Å². The summed E-state index contributed by atoms with van der Waals surface area (Å²) >= 11 is 0. The van der Waals surface area contributed by atoms with Gasteiger partial charge in [0.15, 0.2) is 0 Å². The normalized spacial score (nSPS) is 30.6. The van der Waals surface area contributed by atoms with Crippen LogP contribution in [-0.2, 0) is 14.4 Å². The summed E-state index contributed by atoms with van der Waals surface area (Å²) in [5, 5.41) is 1.50. The quantitative estimate of drug-likeness (QED) is 0.838. The Labute approximate surface area is 137 Å². The van der Waals surface area contributed by atoms with Gasteiger partial charge in [0, 0.05) is 18.8 Å². The van der Waals surface area contributed by atoms with Gasteiger partial charge < -0.3 is 9.64 Å². The number of carbonyl (C=O) groups is 1. The molecule has 0 bridgehead atoms. The van der Waals surface area contributed by atoms with Crippen molar-refractivity contribution in [2.75, 3.05) is 31.1 Å². The largest absolute Gasteiger partial charge is 0.369 e. The van der Waals surface area contributed by atoms with E-state index in [9.17, 15) is 4.79 Å². The number of ether oxygens (including phenoxy) is 1. The lowest BCUT2D eigenvalue weighted by atomic mass is 9.91. The summed E-state index contributed by atoms with van der Waals surface area (Å²) in [4.78, 5) is 20.2. The number of benzene rings is 1. The molecule has 4 rings (SSSR count). The zero-order valence-corrected chi connectivity index (χ0v) is 13.6. The fourth-order valence-corrected chi connectivity index (χ4v) is 3.86. The molecule has 3 fully saturated rings. The Kier molecular flexibility index (Phi) is 3.99. The standard InChI is InChI=1S/C18H24N2O3/c1-13-3-5-15(6-4-13)19-9-7-14-11-16(23-17(14)12-19)18(21)20-8-2-10-22-20/h3-6,14,16-17H,2,7-12H2,1H3/t14-,16-,17+/m1/s1. The van der Waals surface area contributed by atoms with Gasteiger partial charge in [0.2, 0.25) is 0 Å². The van der Waals surface area contributed by atoms with Crippen molar-refractivity contribution < 1.29 is 14.4 Å². The van der Waals surface area contributed by atoms with Gasteiger partial charge in [0.25, 0.3) is 5.91 Å². The number of carbonyl (C=O) groups excluding carboxylic acids is 1. The fourth-order valence-electron chi connectivity index (χ4n) is 3.86. The van der Waals surface area contributed by atoms with Gasteiger partial charge in [-0.25, -0.2) is 5.06 Å². The third-order valence-electron chi connectivity index (χ3n) is 5.22. The molecule has 0 N–H and O–H groups in total. The van der Waals surface area contributed by atoms with Crippen molar-refractivity contribution in [2.45, 2.75) is 38.4 Å². The van der Waals surface area contributed by atoms with Crippen LogP contribution < -0.4 is 4.90 Å². The fraction of sp³-hybridized carbons (Fsp3) is 0.611. The van der Waals surface area contributed by atoms with Gasteiger partial charge in [0.1, 0.15) is 6.10 Å². The van der Waals surface area contributed by atoms with Gasteiger partial charge in [-0.15, -0.1) is 0 Å². The maximum atomic E-state index is 12.4. The highest BCUT2D eigenvalue weighted by atomic mass is 16.7. The Morgan fingerprint density at radius 3 is 2.78 bits per heavy atom. The van der Waals surface area contributed by atoms with Crippen LogP contribution in [-0.4, -0.2) is 49.4 Å². The molecule has 3 saturated heterocycles. The van der Waals surface area contributed by atoms with Crippen LogP contribution in [0.15, 0.2) is 24.3 Å². The number of anilines is 1. The van der Waals surface area contributed by atoms with E-state index in [1.165, 1.54) is 16.3 Å². The summed E-state index contributed by atoms with van der Waals surface area (Å²) < 4.78 is 6.10. The average Bonchev–Trinajstić information content (AvgIpc) is 3.23. The number of piperidine rings is 1. The maximum absolute atomic E-state index is 12.4. The monoisotopic (exact) mass is 316 g/mol. The van der Waals surface area contributed by atoms with E-state index in [0.717, 1.165) is 32.4 Å². The van der Waals surface area contributed by atoms with Crippen molar-refractivity contribution in [1.82, 2.24) is 5.06 Å². The number of nitrogens with zero attached hydrogens (tertiary/aromatic N) is 2. The number of hydroxylamine groups is 2. The highest BCUT2D eigenvalue weighted by Crippen LogP contribution is 2.35. The minimum atomic E-state index is -0.318. The Bertz CT molecular complexity index is 568. The molecule has 1 aromatic rings. The molecule has 0 unspecified atom stereocenters. The van der Waals surface area contributed by atoms with E-state index in [1.807, 2.05) is 0 Å². The van der Waals surface area contributed by atoms with Gasteiger partial charge >= 0.3 is 0 Å². The Balaban J connectivity index is 1.40. The van der Waals surface area contributed by atoms with Crippen LogP contribution in [0.25, 0.3) is 0 Å². The molecule has 0 spiro atoms. The number of hydrogen-bond acceptors (Lipinski definition) is 4. The van der Waals surface area contributed by atoms with Gasteiger partial charge in [0.05, 0.1) is 19.3 Å². The van der Waals surface area contributed by atoms with Crippen LogP contribution in [0.4, 0.5) is 5.69 Å². The van der Waals surface area contributed by atoms with Crippen LogP contribution >= 0.6 is 0 Å². The highest BCUT2D eigenvalue weighted by molar-refractivity contribution is 5.80. The van der Waals surface area contributed by atoms with Gasteiger partial charge in [-0.3, -0.25) is 9.63 Å². The van der Waals surface area contributed by atoms with E-state index in [-0.39, 0.29) is 18.1 Å². The SMILES string of the molecule is Cc1ccc(N2CC[C@@H]3C[C@H](C(=O)N4CCCO4)O[C@H]3C2)cc1. The van der Waals surface area contributed by atoms with E-state index < -0.39 is 0 Å². The molecule has 3 aliphatic heterocycles. The Hall–Kier alpha value is -1.59. The highest BCUT2D eigenvalue weighted by Gasteiger charge is 2.43. The van der Waals surface area contributed by atoms with E-state index >= 15 is 0 Å². The first-order valence-corrected chi connectivity index (χ1v) is 8.62. The predicted molar refractivity (Wildman–Crippen MR) is 87.1 cm³/mol. The number of aryl methyl sites for hydroxylation is 1.